The Hall–Kier alpha value is -3.41. The molecule has 1 aromatic carbocycles. The minimum absolute atomic E-state index is 0.195. The molecule has 0 atom stereocenters. The van der Waals surface area contributed by atoms with Crippen LogP contribution in [-0.2, 0) is 4.79 Å². The standard InChI is InChI=1S/C10H16O.C6H6.2C2N2/c1-7-5-10(3,4)6-9(11)8(7)2;1-2-4-6-5-3-1;2*3-1-2-4/h5-6H2,1-4H3;1-6H;;. The van der Waals surface area contributed by atoms with Gasteiger partial charge < -0.3 is 0 Å². The van der Waals surface area contributed by atoms with Crippen molar-refractivity contribution < 1.29 is 4.79 Å². The van der Waals surface area contributed by atoms with Crippen molar-refractivity contribution in [2.45, 2.75) is 40.5 Å². The van der Waals surface area contributed by atoms with E-state index in [4.69, 9.17) is 21.0 Å². The quantitative estimate of drug-likeness (QED) is 0.694. The Labute approximate surface area is 150 Å². The molecule has 5 heteroatoms. The largest absolute Gasteiger partial charge is 0.295 e. The van der Waals surface area contributed by atoms with Crippen LogP contribution in [0.15, 0.2) is 47.5 Å². The van der Waals surface area contributed by atoms with Crippen LogP contribution in [0.1, 0.15) is 40.5 Å². The van der Waals surface area contributed by atoms with E-state index >= 15 is 0 Å². The molecule has 0 bridgehead atoms. The van der Waals surface area contributed by atoms with Crippen LogP contribution in [0.3, 0.4) is 0 Å². The number of carbonyl (C=O) groups excluding carboxylic acids is 1. The van der Waals surface area contributed by atoms with E-state index in [1.807, 2.05) is 43.3 Å². The van der Waals surface area contributed by atoms with Crippen LogP contribution in [0.25, 0.3) is 0 Å². The monoisotopic (exact) mass is 334 g/mol. The van der Waals surface area contributed by atoms with Crippen molar-refractivity contribution in [3.63, 3.8) is 0 Å². The number of rotatable bonds is 0. The third-order valence-electron chi connectivity index (χ3n) is 3.21. The van der Waals surface area contributed by atoms with Crippen molar-refractivity contribution in [3.05, 3.63) is 47.5 Å². The minimum atomic E-state index is 0.195. The first kappa shape index (κ1) is 23.9. The molecule has 0 unspecified atom stereocenters. The van der Waals surface area contributed by atoms with Gasteiger partial charge in [-0.25, -0.2) is 0 Å². The van der Waals surface area contributed by atoms with Gasteiger partial charge in [0.2, 0.25) is 0 Å². The molecule has 0 saturated heterocycles. The predicted octanol–water partition coefficient (Wildman–Crippen LogP) is 4.47. The molecule has 0 radical (unpaired) electrons. The fourth-order valence-corrected chi connectivity index (χ4v) is 2.10. The first-order valence-corrected chi connectivity index (χ1v) is 7.51. The molecule has 0 aromatic heterocycles. The smallest absolute Gasteiger partial charge is 0.181 e. The molecule has 0 amide bonds. The fraction of sp³-hybridized carbons (Fsp3) is 0.350. The first-order chi connectivity index (χ1) is 11.8. The highest BCUT2D eigenvalue weighted by molar-refractivity contribution is 5.96. The van der Waals surface area contributed by atoms with Gasteiger partial charge in [-0.15, -0.1) is 0 Å². The maximum atomic E-state index is 11.4. The number of hydrogen-bond donors (Lipinski definition) is 0. The molecule has 128 valence electrons. The first-order valence-electron chi connectivity index (χ1n) is 7.51. The van der Waals surface area contributed by atoms with Crippen LogP contribution in [0.5, 0.6) is 0 Å². The van der Waals surface area contributed by atoms with Gasteiger partial charge in [-0.3, -0.25) is 4.79 Å². The molecule has 2 rings (SSSR count). The molecular weight excluding hydrogens is 312 g/mol. The van der Waals surface area contributed by atoms with Gasteiger partial charge >= 0.3 is 0 Å². The maximum Gasteiger partial charge on any atom is 0.181 e. The molecule has 25 heavy (non-hydrogen) atoms. The number of allylic oxidation sites excluding steroid dienone is 2. The lowest BCUT2D eigenvalue weighted by atomic mass is 9.74. The lowest BCUT2D eigenvalue weighted by molar-refractivity contribution is -0.118. The SMILES string of the molecule is CC1=C(C)C(=O)CC(C)(C)C1.N#CC#N.N#CC#N.c1ccccc1. The second-order valence-corrected chi connectivity index (χ2v) is 5.95. The lowest BCUT2D eigenvalue weighted by Crippen LogP contribution is -2.23. The van der Waals surface area contributed by atoms with E-state index in [1.54, 1.807) is 0 Å². The van der Waals surface area contributed by atoms with Gasteiger partial charge in [-0.1, -0.05) is 55.8 Å². The highest BCUT2D eigenvalue weighted by atomic mass is 16.1. The summed E-state index contributed by atoms with van der Waals surface area (Å²) >= 11 is 0. The summed E-state index contributed by atoms with van der Waals surface area (Å²) in [6.45, 7) is 8.31. The van der Waals surface area contributed by atoms with E-state index < -0.39 is 0 Å². The van der Waals surface area contributed by atoms with E-state index in [0.717, 1.165) is 18.4 Å². The average Bonchev–Trinajstić information content (AvgIpc) is 2.61. The number of ketones is 1. The molecule has 0 aliphatic heterocycles. The van der Waals surface area contributed by atoms with Crippen LogP contribution < -0.4 is 0 Å². The summed E-state index contributed by atoms with van der Waals surface area (Å²) in [7, 11) is 0. The highest BCUT2D eigenvalue weighted by Crippen LogP contribution is 2.36. The van der Waals surface area contributed by atoms with Crippen LogP contribution >= 0.6 is 0 Å². The number of nitrogens with zero attached hydrogens (tertiary/aromatic N) is 4. The average molecular weight is 334 g/mol. The Balaban J connectivity index is 0. The molecule has 1 aromatic rings. The molecule has 0 saturated carbocycles. The third kappa shape index (κ3) is 13.9. The fourth-order valence-electron chi connectivity index (χ4n) is 2.10. The van der Waals surface area contributed by atoms with Crippen molar-refractivity contribution in [1.29, 1.82) is 21.0 Å². The number of carbonyl (C=O) groups is 1. The van der Waals surface area contributed by atoms with Crippen molar-refractivity contribution in [2.24, 2.45) is 5.41 Å². The number of hydrogen-bond acceptors (Lipinski definition) is 5. The van der Waals surface area contributed by atoms with Gasteiger partial charge in [0.05, 0.1) is 0 Å². The predicted molar refractivity (Wildman–Crippen MR) is 95.3 cm³/mol. The lowest BCUT2D eigenvalue weighted by Gasteiger charge is -2.29. The van der Waals surface area contributed by atoms with E-state index in [2.05, 4.69) is 20.8 Å². The summed E-state index contributed by atoms with van der Waals surface area (Å²) < 4.78 is 0. The summed E-state index contributed by atoms with van der Waals surface area (Å²) in [5.41, 5.74) is 2.45. The third-order valence-corrected chi connectivity index (χ3v) is 3.21. The van der Waals surface area contributed by atoms with Crippen molar-refractivity contribution >= 4 is 5.78 Å². The molecule has 0 spiro atoms. The Bertz CT molecular complexity index is 645. The molecule has 0 fully saturated rings. The Morgan fingerprint density at radius 1 is 0.760 bits per heavy atom. The molecule has 1 aliphatic carbocycles. The van der Waals surface area contributed by atoms with Gasteiger partial charge in [-0.05, 0) is 31.3 Å². The summed E-state index contributed by atoms with van der Waals surface area (Å²) in [5.74, 6) is 0.332. The zero-order chi connectivity index (χ0) is 19.7. The Kier molecular flexibility index (Phi) is 13.5. The highest BCUT2D eigenvalue weighted by Gasteiger charge is 2.28. The van der Waals surface area contributed by atoms with Crippen molar-refractivity contribution in [3.8, 4) is 24.3 Å². The number of benzene rings is 1. The molecule has 1 aliphatic rings. The summed E-state index contributed by atoms with van der Waals surface area (Å²) in [5, 5.41) is 29.1. The van der Waals surface area contributed by atoms with E-state index in [9.17, 15) is 4.79 Å². The van der Waals surface area contributed by atoms with E-state index in [-0.39, 0.29) is 5.41 Å². The zero-order valence-electron chi connectivity index (χ0n) is 15.1. The van der Waals surface area contributed by atoms with Crippen LogP contribution in [0.4, 0.5) is 0 Å². The Morgan fingerprint density at radius 3 is 1.32 bits per heavy atom. The summed E-state index contributed by atoms with van der Waals surface area (Å²) in [4.78, 5) is 11.4. The molecule has 0 heterocycles. The second kappa shape index (κ2) is 14.2. The van der Waals surface area contributed by atoms with Gasteiger partial charge in [0.1, 0.15) is 0 Å². The van der Waals surface area contributed by atoms with Crippen molar-refractivity contribution in [2.75, 3.05) is 0 Å². The number of Topliss-reactive ketones (excluding diaryl/α,β-unsaturated/α-hetero) is 1. The topological polar surface area (TPSA) is 112 Å². The normalized spacial score (nSPS) is 13.4. The van der Waals surface area contributed by atoms with Gasteiger partial charge in [0.25, 0.3) is 0 Å². The Morgan fingerprint density at radius 2 is 1.08 bits per heavy atom. The number of nitriles is 4. The van der Waals surface area contributed by atoms with Crippen LogP contribution in [0, 0.1) is 50.7 Å². The molecular formula is C20H22N4O. The minimum Gasteiger partial charge on any atom is -0.295 e. The zero-order valence-corrected chi connectivity index (χ0v) is 15.1. The maximum absolute atomic E-state index is 11.4. The second-order valence-electron chi connectivity index (χ2n) is 5.95. The van der Waals surface area contributed by atoms with Crippen LogP contribution in [-0.4, -0.2) is 5.78 Å². The van der Waals surface area contributed by atoms with E-state index in [0.29, 0.717) is 5.78 Å². The van der Waals surface area contributed by atoms with Crippen LogP contribution in [0.2, 0.25) is 0 Å². The van der Waals surface area contributed by atoms with E-state index in [1.165, 1.54) is 29.8 Å². The summed E-state index contributed by atoms with van der Waals surface area (Å²) in [6, 6.07) is 16.9. The van der Waals surface area contributed by atoms with Crippen molar-refractivity contribution in [1.82, 2.24) is 0 Å². The summed E-state index contributed by atoms with van der Waals surface area (Å²) in [6.07, 6.45) is 1.79. The van der Waals surface area contributed by atoms with Gasteiger partial charge in [0.15, 0.2) is 30.1 Å². The van der Waals surface area contributed by atoms with Gasteiger partial charge in [-0.2, -0.15) is 21.0 Å². The molecule has 5 nitrogen and oxygen atoms in total. The van der Waals surface area contributed by atoms with Gasteiger partial charge in [0, 0.05) is 6.42 Å². The molecule has 0 N–H and O–H groups in total.